The van der Waals surface area contributed by atoms with Gasteiger partial charge < -0.3 is 10.1 Å². The van der Waals surface area contributed by atoms with Gasteiger partial charge >= 0.3 is 4.87 Å². The number of nitrogens with zero attached hydrogens (tertiary/aromatic N) is 1. The zero-order valence-corrected chi connectivity index (χ0v) is 14.6. The zero-order valence-electron chi connectivity index (χ0n) is 13.8. The van der Waals surface area contributed by atoms with Crippen molar-refractivity contribution < 1.29 is 13.9 Å². The first-order chi connectivity index (χ1) is 12.0. The van der Waals surface area contributed by atoms with Gasteiger partial charge in [-0.15, -0.1) is 0 Å². The first-order valence-corrected chi connectivity index (χ1v) is 8.66. The molecule has 0 aliphatic carbocycles. The number of nitrogens with one attached hydrogen (secondary N) is 1. The van der Waals surface area contributed by atoms with Crippen LogP contribution in [0.4, 0.5) is 10.1 Å². The third-order valence-electron chi connectivity index (χ3n) is 3.75. The van der Waals surface area contributed by atoms with Gasteiger partial charge in [0.1, 0.15) is 11.6 Å². The van der Waals surface area contributed by atoms with Crippen LogP contribution in [0.2, 0.25) is 0 Å². The molecule has 1 atom stereocenters. The Hall–Kier alpha value is -2.67. The Morgan fingerprint density at radius 3 is 2.68 bits per heavy atom. The van der Waals surface area contributed by atoms with Gasteiger partial charge in [-0.3, -0.25) is 14.2 Å². The van der Waals surface area contributed by atoms with Crippen molar-refractivity contribution in [2.75, 3.05) is 5.32 Å². The number of hydrogen-bond acceptors (Lipinski definition) is 4. The number of rotatable bonds is 5. The fourth-order valence-electron chi connectivity index (χ4n) is 2.46. The molecule has 0 spiro atoms. The summed E-state index contributed by atoms with van der Waals surface area (Å²) in [5.74, 6) is -0.278. The van der Waals surface area contributed by atoms with E-state index in [2.05, 4.69) is 5.32 Å². The third-order valence-corrected chi connectivity index (χ3v) is 4.69. The lowest BCUT2D eigenvalue weighted by molar-refractivity contribution is -0.122. The molecule has 7 heteroatoms. The van der Waals surface area contributed by atoms with E-state index in [4.69, 9.17) is 4.74 Å². The number of thiazole rings is 1. The molecule has 0 aliphatic rings. The number of benzene rings is 2. The quantitative estimate of drug-likeness (QED) is 0.756. The fraction of sp³-hybridized carbons (Fsp3) is 0.222. The first-order valence-electron chi connectivity index (χ1n) is 7.84. The molecule has 5 nitrogen and oxygen atoms in total. The topological polar surface area (TPSA) is 60.3 Å². The molecule has 1 N–H and O–H groups in total. The standard InChI is InChI=1S/C18H17FN2O3S/c1-3-21-15-9-6-13(10-16(15)25-18(21)23)20-17(22)11(2)24-14-7-4-12(19)5-8-14/h4-11H,3H2,1-2H3,(H,20,22)/t11-/m1/s1. The van der Waals surface area contributed by atoms with Gasteiger partial charge in [-0.25, -0.2) is 4.39 Å². The predicted octanol–water partition coefficient (Wildman–Crippen LogP) is 3.63. The summed E-state index contributed by atoms with van der Waals surface area (Å²) in [5.41, 5.74) is 1.45. The molecule has 0 unspecified atom stereocenters. The highest BCUT2D eigenvalue weighted by Gasteiger charge is 2.16. The van der Waals surface area contributed by atoms with Crippen LogP contribution in [-0.2, 0) is 11.3 Å². The van der Waals surface area contributed by atoms with Crippen molar-refractivity contribution >= 4 is 33.1 Å². The highest BCUT2D eigenvalue weighted by Crippen LogP contribution is 2.22. The molecule has 0 aliphatic heterocycles. The molecule has 2 aromatic carbocycles. The van der Waals surface area contributed by atoms with Gasteiger partial charge in [-0.1, -0.05) is 11.3 Å². The largest absolute Gasteiger partial charge is 0.481 e. The molecule has 0 bridgehead atoms. The van der Waals surface area contributed by atoms with Crippen molar-refractivity contribution in [3.8, 4) is 5.75 Å². The van der Waals surface area contributed by atoms with E-state index in [0.717, 1.165) is 21.6 Å². The summed E-state index contributed by atoms with van der Waals surface area (Å²) >= 11 is 1.15. The maximum atomic E-state index is 12.9. The van der Waals surface area contributed by atoms with Gasteiger partial charge in [0.25, 0.3) is 5.91 Å². The van der Waals surface area contributed by atoms with E-state index in [1.165, 1.54) is 24.3 Å². The second-order valence-electron chi connectivity index (χ2n) is 5.50. The maximum Gasteiger partial charge on any atom is 0.308 e. The van der Waals surface area contributed by atoms with Crippen LogP contribution in [0.15, 0.2) is 47.3 Å². The molecular weight excluding hydrogens is 343 g/mol. The Morgan fingerprint density at radius 2 is 2.00 bits per heavy atom. The van der Waals surface area contributed by atoms with Gasteiger partial charge in [0.05, 0.1) is 10.2 Å². The molecule has 1 heterocycles. The number of fused-ring (bicyclic) bond motifs is 1. The normalized spacial score (nSPS) is 12.1. The second-order valence-corrected chi connectivity index (χ2v) is 6.49. The van der Waals surface area contributed by atoms with Crippen molar-refractivity contribution in [1.29, 1.82) is 0 Å². The van der Waals surface area contributed by atoms with Crippen molar-refractivity contribution in [2.24, 2.45) is 0 Å². The van der Waals surface area contributed by atoms with E-state index in [1.54, 1.807) is 23.6 Å². The molecule has 130 valence electrons. The van der Waals surface area contributed by atoms with Crippen molar-refractivity contribution in [1.82, 2.24) is 4.57 Å². The van der Waals surface area contributed by atoms with Gasteiger partial charge in [-0.2, -0.15) is 0 Å². The Labute approximate surface area is 147 Å². The summed E-state index contributed by atoms with van der Waals surface area (Å²) in [4.78, 5) is 24.1. The second kappa shape index (κ2) is 7.06. The lowest BCUT2D eigenvalue weighted by Gasteiger charge is -2.14. The van der Waals surface area contributed by atoms with Crippen LogP contribution in [0.1, 0.15) is 13.8 Å². The van der Waals surface area contributed by atoms with Crippen LogP contribution in [0.5, 0.6) is 5.75 Å². The number of hydrogen-bond donors (Lipinski definition) is 1. The summed E-state index contributed by atoms with van der Waals surface area (Å²) < 4.78 is 20.9. The van der Waals surface area contributed by atoms with Crippen molar-refractivity contribution in [3.05, 3.63) is 57.9 Å². The molecule has 0 saturated heterocycles. The van der Waals surface area contributed by atoms with Crippen LogP contribution in [0.25, 0.3) is 10.2 Å². The minimum absolute atomic E-state index is 0.0195. The number of anilines is 1. The summed E-state index contributed by atoms with van der Waals surface area (Å²) in [6.45, 7) is 4.13. The fourth-order valence-corrected chi connectivity index (χ4v) is 3.45. The molecule has 0 fully saturated rings. The number of carbonyl (C=O) groups is 1. The number of aromatic nitrogens is 1. The molecule has 0 saturated carbocycles. The predicted molar refractivity (Wildman–Crippen MR) is 96.9 cm³/mol. The van der Waals surface area contributed by atoms with E-state index in [0.29, 0.717) is 18.0 Å². The number of ether oxygens (including phenoxy) is 1. The monoisotopic (exact) mass is 360 g/mol. The summed E-state index contributed by atoms with van der Waals surface area (Å²) in [6, 6.07) is 10.8. The average molecular weight is 360 g/mol. The number of halogens is 1. The summed E-state index contributed by atoms with van der Waals surface area (Å²) in [6.07, 6.45) is -0.750. The molecule has 1 aromatic heterocycles. The summed E-state index contributed by atoms with van der Waals surface area (Å²) in [5, 5.41) is 2.77. The lowest BCUT2D eigenvalue weighted by atomic mass is 10.2. The summed E-state index contributed by atoms with van der Waals surface area (Å²) in [7, 11) is 0. The first kappa shape index (κ1) is 17.2. The van der Waals surface area contributed by atoms with Crippen molar-refractivity contribution in [3.63, 3.8) is 0 Å². The molecular formula is C18H17FN2O3S. The van der Waals surface area contributed by atoms with Crippen LogP contribution < -0.4 is 14.9 Å². The van der Waals surface area contributed by atoms with Crippen LogP contribution in [0.3, 0.4) is 0 Å². The molecule has 0 radical (unpaired) electrons. The third kappa shape index (κ3) is 3.71. The highest BCUT2D eigenvalue weighted by atomic mass is 32.1. The molecule has 3 rings (SSSR count). The Morgan fingerprint density at radius 1 is 1.28 bits per heavy atom. The van der Waals surface area contributed by atoms with Crippen LogP contribution in [-0.4, -0.2) is 16.6 Å². The molecule has 25 heavy (non-hydrogen) atoms. The van der Waals surface area contributed by atoms with Gasteiger partial charge in [0, 0.05) is 12.2 Å². The van der Waals surface area contributed by atoms with E-state index < -0.39 is 6.10 Å². The van der Waals surface area contributed by atoms with E-state index in [1.807, 2.05) is 13.0 Å². The number of aryl methyl sites for hydroxylation is 1. The Balaban J connectivity index is 1.72. The Kier molecular flexibility index (Phi) is 4.85. The molecule has 3 aromatic rings. The van der Waals surface area contributed by atoms with Crippen LogP contribution in [0, 0.1) is 5.82 Å². The minimum atomic E-state index is -0.750. The zero-order chi connectivity index (χ0) is 18.0. The van der Waals surface area contributed by atoms with Gasteiger partial charge in [0.2, 0.25) is 0 Å². The van der Waals surface area contributed by atoms with Gasteiger partial charge in [0.15, 0.2) is 6.10 Å². The lowest BCUT2D eigenvalue weighted by Crippen LogP contribution is -2.30. The number of amides is 1. The molecule has 1 amide bonds. The number of carbonyl (C=O) groups excluding carboxylic acids is 1. The minimum Gasteiger partial charge on any atom is -0.481 e. The van der Waals surface area contributed by atoms with Crippen LogP contribution >= 0.6 is 11.3 Å². The van der Waals surface area contributed by atoms with Crippen molar-refractivity contribution in [2.45, 2.75) is 26.5 Å². The smallest absolute Gasteiger partial charge is 0.308 e. The maximum absolute atomic E-state index is 12.9. The van der Waals surface area contributed by atoms with Gasteiger partial charge in [-0.05, 0) is 56.3 Å². The van der Waals surface area contributed by atoms with E-state index in [-0.39, 0.29) is 16.6 Å². The Bertz CT molecular complexity index is 963. The highest BCUT2D eigenvalue weighted by molar-refractivity contribution is 7.16. The average Bonchev–Trinajstić information content (AvgIpc) is 2.91. The van der Waals surface area contributed by atoms with E-state index >= 15 is 0 Å². The SMILES string of the molecule is CCn1c(=O)sc2cc(NC(=O)[C@@H](C)Oc3ccc(F)cc3)ccc21. The van der Waals surface area contributed by atoms with E-state index in [9.17, 15) is 14.0 Å².